The molecule has 0 aliphatic rings. The number of hydrogen-bond donors (Lipinski definition) is 0. The molecule has 0 amide bonds. The van der Waals surface area contributed by atoms with Crippen molar-refractivity contribution in [3.05, 3.63) is 30.3 Å². The van der Waals surface area contributed by atoms with E-state index in [1.54, 1.807) is 0 Å². The zero-order valence-corrected chi connectivity index (χ0v) is 6.25. The lowest BCUT2D eigenvalue weighted by Gasteiger charge is -1.84. The fraction of sp³-hybridized carbons (Fsp3) is 0. The summed E-state index contributed by atoms with van der Waals surface area (Å²) >= 11 is 2.84. The first-order valence-electron chi connectivity index (χ1n) is 2.50. The average molecular weight is 185 g/mol. The van der Waals surface area contributed by atoms with Crippen molar-refractivity contribution in [3.63, 3.8) is 0 Å². The molecule has 2 nitrogen and oxygen atoms in total. The van der Waals surface area contributed by atoms with Crippen molar-refractivity contribution >= 4 is 21.8 Å². The summed E-state index contributed by atoms with van der Waals surface area (Å²) in [6.07, 6.45) is 0. The molecule has 0 saturated heterocycles. The molecule has 0 spiro atoms. The van der Waals surface area contributed by atoms with Crippen LogP contribution >= 0.6 is 16.1 Å². The second-order valence-corrected chi connectivity index (χ2v) is 1.83. The van der Waals surface area contributed by atoms with Crippen LogP contribution in [0.15, 0.2) is 39.6 Å². The molecule has 0 aliphatic carbocycles. The van der Waals surface area contributed by atoms with Crippen LogP contribution in [0.5, 0.6) is 0 Å². The van der Waals surface area contributed by atoms with Gasteiger partial charge in [0.05, 0.1) is 5.69 Å². The van der Waals surface area contributed by atoms with Crippen LogP contribution in [0.1, 0.15) is 0 Å². The molecule has 0 aliphatic heterocycles. The number of hydrogen-bond acceptors (Lipinski definition) is 2. The summed E-state index contributed by atoms with van der Waals surface area (Å²) in [4.78, 5) is 0. The van der Waals surface area contributed by atoms with E-state index in [4.69, 9.17) is 0 Å². The van der Waals surface area contributed by atoms with Gasteiger partial charge in [-0.25, -0.2) is 0 Å². The van der Waals surface area contributed by atoms with Gasteiger partial charge < -0.3 is 0 Å². The molecule has 3 heteroatoms. The zero-order valence-electron chi connectivity index (χ0n) is 4.66. The summed E-state index contributed by atoms with van der Waals surface area (Å²) < 4.78 is 3.44. The van der Waals surface area contributed by atoms with Crippen LogP contribution in [0.3, 0.4) is 0 Å². The second kappa shape index (κ2) is 3.35. The molecular weight excluding hydrogens is 180 g/mol. The predicted molar refractivity (Wildman–Crippen MR) is 39.9 cm³/mol. The Labute approximate surface area is 62.0 Å². The van der Waals surface area contributed by atoms with Gasteiger partial charge in [-0.15, -0.1) is 9.25 Å². The minimum absolute atomic E-state index is 0.856. The number of nitrogens with zero attached hydrogens (tertiary/aromatic N) is 2. The van der Waals surface area contributed by atoms with Crippen molar-refractivity contribution < 1.29 is 0 Å². The molecule has 1 aromatic carbocycles. The summed E-state index contributed by atoms with van der Waals surface area (Å²) in [5.74, 6) is 0. The van der Waals surface area contributed by atoms with Gasteiger partial charge in [0, 0.05) is 0 Å². The largest absolute Gasteiger partial charge is 0.144 e. The highest BCUT2D eigenvalue weighted by Crippen LogP contribution is 2.10. The minimum Gasteiger partial charge on any atom is -0.144 e. The highest BCUT2D eigenvalue weighted by Gasteiger charge is 1.80. The maximum absolute atomic E-state index is 3.75. The average Bonchev–Trinajstić information content (AvgIpc) is 1.91. The van der Waals surface area contributed by atoms with Gasteiger partial charge in [0.25, 0.3) is 0 Å². The van der Waals surface area contributed by atoms with Gasteiger partial charge in [-0.05, 0) is 12.1 Å². The summed E-state index contributed by atoms with van der Waals surface area (Å²) in [5, 5.41) is 3.75. The summed E-state index contributed by atoms with van der Waals surface area (Å²) in [7, 11) is 0. The maximum Gasteiger partial charge on any atom is 0.100 e. The quantitative estimate of drug-likeness (QED) is 0.600. The van der Waals surface area contributed by atoms with Crippen LogP contribution in [0.4, 0.5) is 5.69 Å². The molecule has 0 bridgehead atoms. The van der Waals surface area contributed by atoms with E-state index in [1.165, 1.54) is 0 Å². The number of halogens is 1. The molecule has 0 aromatic heterocycles. The molecule has 0 radical (unpaired) electrons. The van der Waals surface area contributed by atoms with Crippen LogP contribution in [0, 0.1) is 0 Å². The third-order valence-electron chi connectivity index (χ3n) is 0.909. The lowest BCUT2D eigenvalue weighted by Crippen LogP contribution is -1.57. The van der Waals surface area contributed by atoms with Gasteiger partial charge in [-0.1, -0.05) is 18.2 Å². The highest BCUT2D eigenvalue weighted by atomic mass is 79.9. The highest BCUT2D eigenvalue weighted by molar-refractivity contribution is 9.08. The topological polar surface area (TPSA) is 24.7 Å². The Kier molecular flexibility index (Phi) is 2.39. The van der Waals surface area contributed by atoms with Crippen LogP contribution in [0.25, 0.3) is 0 Å². The van der Waals surface area contributed by atoms with E-state index in [-0.39, 0.29) is 0 Å². The van der Waals surface area contributed by atoms with E-state index in [0.717, 1.165) is 5.69 Å². The van der Waals surface area contributed by atoms with Crippen LogP contribution in [0.2, 0.25) is 0 Å². The molecule has 0 atom stereocenters. The first kappa shape index (κ1) is 6.42. The van der Waals surface area contributed by atoms with Gasteiger partial charge in [-0.2, -0.15) is 0 Å². The summed E-state index contributed by atoms with van der Waals surface area (Å²) in [6, 6.07) is 9.52. The number of benzene rings is 1. The molecule has 1 aromatic rings. The van der Waals surface area contributed by atoms with Gasteiger partial charge in [-0.3, -0.25) is 0 Å². The van der Waals surface area contributed by atoms with Crippen LogP contribution in [-0.4, -0.2) is 0 Å². The standard InChI is InChI=1S/C6H5BrN2/c7-9-8-6-4-2-1-3-5-6/h1-5H. The molecule has 0 heterocycles. The number of rotatable bonds is 1. The minimum atomic E-state index is 0.856. The van der Waals surface area contributed by atoms with Gasteiger partial charge in [0.2, 0.25) is 0 Å². The molecule has 9 heavy (non-hydrogen) atoms. The van der Waals surface area contributed by atoms with E-state index in [1.807, 2.05) is 30.3 Å². The Balaban J connectivity index is 2.85. The molecule has 0 unspecified atom stereocenters. The lowest BCUT2D eigenvalue weighted by atomic mass is 10.3. The zero-order chi connectivity index (χ0) is 6.53. The van der Waals surface area contributed by atoms with Gasteiger partial charge >= 0.3 is 0 Å². The maximum atomic E-state index is 3.75. The van der Waals surface area contributed by atoms with Crippen molar-refractivity contribution in [2.24, 2.45) is 9.25 Å². The smallest absolute Gasteiger partial charge is 0.100 e. The monoisotopic (exact) mass is 184 g/mol. The van der Waals surface area contributed by atoms with Crippen LogP contribution < -0.4 is 0 Å². The summed E-state index contributed by atoms with van der Waals surface area (Å²) in [5.41, 5.74) is 0.856. The molecule has 0 fully saturated rings. The van der Waals surface area contributed by atoms with E-state index in [9.17, 15) is 0 Å². The van der Waals surface area contributed by atoms with Gasteiger partial charge in [0.15, 0.2) is 0 Å². The Morgan fingerprint density at radius 2 is 1.78 bits per heavy atom. The summed E-state index contributed by atoms with van der Waals surface area (Å²) in [6.45, 7) is 0. The Hall–Kier alpha value is -0.700. The van der Waals surface area contributed by atoms with E-state index in [0.29, 0.717) is 0 Å². The van der Waals surface area contributed by atoms with E-state index in [2.05, 4.69) is 25.4 Å². The predicted octanol–water partition coefficient (Wildman–Crippen LogP) is 3.08. The third kappa shape index (κ3) is 1.93. The normalized spacial score (nSPS) is 10.3. The Bertz CT molecular complexity index is 195. The first-order valence-corrected chi connectivity index (χ1v) is 3.21. The Morgan fingerprint density at radius 3 is 2.33 bits per heavy atom. The van der Waals surface area contributed by atoms with E-state index >= 15 is 0 Å². The van der Waals surface area contributed by atoms with E-state index < -0.39 is 0 Å². The lowest BCUT2D eigenvalue weighted by molar-refractivity contribution is 1.35. The molecule has 46 valence electrons. The fourth-order valence-electron chi connectivity index (χ4n) is 0.538. The molecule has 0 N–H and O–H groups in total. The van der Waals surface area contributed by atoms with Crippen molar-refractivity contribution in [3.8, 4) is 0 Å². The first-order chi connectivity index (χ1) is 4.43. The molecular formula is C6H5BrN2. The SMILES string of the molecule is BrN=Nc1ccccc1. The third-order valence-corrected chi connectivity index (χ3v) is 1.07. The van der Waals surface area contributed by atoms with Crippen molar-refractivity contribution in [2.75, 3.05) is 0 Å². The van der Waals surface area contributed by atoms with Gasteiger partial charge in [0.1, 0.15) is 16.1 Å². The Morgan fingerprint density at radius 1 is 1.11 bits per heavy atom. The fourth-order valence-corrected chi connectivity index (χ4v) is 0.721. The van der Waals surface area contributed by atoms with Crippen molar-refractivity contribution in [2.45, 2.75) is 0 Å². The van der Waals surface area contributed by atoms with Crippen molar-refractivity contribution in [1.82, 2.24) is 0 Å². The second-order valence-electron chi connectivity index (χ2n) is 1.51. The van der Waals surface area contributed by atoms with Crippen molar-refractivity contribution in [1.29, 1.82) is 0 Å². The molecule has 0 saturated carbocycles. The molecule has 1 rings (SSSR count). The van der Waals surface area contributed by atoms with Crippen LogP contribution in [-0.2, 0) is 0 Å².